The van der Waals surface area contributed by atoms with Crippen LogP contribution >= 0.6 is 0 Å². The van der Waals surface area contributed by atoms with Crippen LogP contribution in [0.3, 0.4) is 0 Å². The molecule has 1 aliphatic heterocycles. The van der Waals surface area contributed by atoms with Gasteiger partial charge in [-0.25, -0.2) is 19.3 Å². The van der Waals surface area contributed by atoms with Gasteiger partial charge in [0.2, 0.25) is 0 Å². The molecule has 0 aliphatic carbocycles. The van der Waals surface area contributed by atoms with E-state index in [2.05, 4.69) is 18.5 Å². The molecule has 0 radical (unpaired) electrons. The molecular weight excluding hydrogens is 304 g/mol. The molecule has 1 rings (SSSR count). The smallest absolute Gasteiger partial charge is 0.416 e. The minimum atomic E-state index is -1.96. The molecule has 1 amide bonds. The first kappa shape index (κ1) is 18.7. The summed E-state index contributed by atoms with van der Waals surface area (Å²) >= 11 is 0. The van der Waals surface area contributed by atoms with Crippen LogP contribution in [0.4, 0.5) is 4.79 Å². The number of esters is 2. The van der Waals surface area contributed by atoms with Crippen molar-refractivity contribution in [3.8, 4) is 0 Å². The number of nitrogens with zero attached hydrogens (tertiary/aromatic N) is 1. The van der Waals surface area contributed by atoms with E-state index in [1.165, 1.54) is 0 Å². The van der Waals surface area contributed by atoms with E-state index in [1.54, 1.807) is 20.8 Å². The summed E-state index contributed by atoms with van der Waals surface area (Å²) in [5.41, 5.74) is -0.765. The molecule has 0 atom stereocenters. The van der Waals surface area contributed by atoms with Crippen molar-refractivity contribution in [2.75, 3.05) is 19.6 Å². The molecule has 0 aromatic carbocycles. The first-order valence-corrected chi connectivity index (χ1v) is 7.06. The molecule has 1 saturated heterocycles. The predicted molar refractivity (Wildman–Crippen MR) is 81.1 cm³/mol. The molecule has 1 heterocycles. The lowest BCUT2D eigenvalue weighted by molar-refractivity contribution is -0.278. The monoisotopic (exact) mass is 326 g/mol. The van der Waals surface area contributed by atoms with E-state index in [0.717, 1.165) is 17.1 Å². The van der Waals surface area contributed by atoms with E-state index in [4.69, 9.17) is 14.2 Å². The fraction of sp³-hybridized carbons (Fsp3) is 0.533. The highest BCUT2D eigenvalue weighted by atomic mass is 16.8. The van der Waals surface area contributed by atoms with Crippen LogP contribution in [0.2, 0.25) is 0 Å². The van der Waals surface area contributed by atoms with Crippen molar-refractivity contribution in [1.82, 2.24) is 10.2 Å². The van der Waals surface area contributed by atoms with Gasteiger partial charge in [-0.2, -0.15) is 0 Å². The lowest BCUT2D eigenvalue weighted by Crippen LogP contribution is -2.67. The summed E-state index contributed by atoms with van der Waals surface area (Å²) in [6, 6.07) is 0. The van der Waals surface area contributed by atoms with Gasteiger partial charge in [-0.1, -0.05) is 13.2 Å². The second-order valence-electron chi connectivity index (χ2n) is 5.77. The minimum absolute atomic E-state index is 0.106. The number of ether oxygens (including phenoxy) is 3. The molecular formula is C15H22N2O6. The number of rotatable bonds is 4. The van der Waals surface area contributed by atoms with Crippen molar-refractivity contribution in [2.24, 2.45) is 0 Å². The molecule has 23 heavy (non-hydrogen) atoms. The molecule has 0 unspecified atom stereocenters. The summed E-state index contributed by atoms with van der Waals surface area (Å²) in [6.45, 7) is 12.1. The van der Waals surface area contributed by atoms with Crippen LogP contribution in [0.1, 0.15) is 20.8 Å². The Bertz CT molecular complexity index is 487. The molecule has 1 fully saturated rings. The molecule has 0 aromatic rings. The zero-order chi connectivity index (χ0) is 17.7. The minimum Gasteiger partial charge on any atom is -0.444 e. The Hall–Kier alpha value is -2.35. The SMILES string of the molecule is C=CC(=O)OC1(OC(=O)C=C)CNCCN1C(=O)OC(C)(C)C. The molecule has 8 heteroatoms. The van der Waals surface area contributed by atoms with Gasteiger partial charge in [0.15, 0.2) is 0 Å². The van der Waals surface area contributed by atoms with Crippen molar-refractivity contribution < 1.29 is 28.6 Å². The number of nitrogens with one attached hydrogen (secondary N) is 1. The summed E-state index contributed by atoms with van der Waals surface area (Å²) in [7, 11) is 0. The van der Waals surface area contributed by atoms with Crippen LogP contribution in [0.25, 0.3) is 0 Å². The highest BCUT2D eigenvalue weighted by Gasteiger charge is 2.50. The Labute approximate surface area is 135 Å². The van der Waals surface area contributed by atoms with Crippen LogP contribution in [0.5, 0.6) is 0 Å². The van der Waals surface area contributed by atoms with Gasteiger partial charge < -0.3 is 19.5 Å². The van der Waals surface area contributed by atoms with Gasteiger partial charge in [-0.15, -0.1) is 0 Å². The normalized spacial score (nSPS) is 16.9. The van der Waals surface area contributed by atoms with E-state index >= 15 is 0 Å². The fourth-order valence-corrected chi connectivity index (χ4v) is 1.85. The van der Waals surface area contributed by atoms with Crippen LogP contribution < -0.4 is 5.32 Å². The number of piperazine rings is 1. The molecule has 1 aliphatic rings. The first-order valence-electron chi connectivity index (χ1n) is 7.06. The van der Waals surface area contributed by atoms with Crippen molar-refractivity contribution >= 4 is 18.0 Å². The molecule has 0 aromatic heterocycles. The third kappa shape index (κ3) is 5.10. The van der Waals surface area contributed by atoms with E-state index in [0.29, 0.717) is 6.54 Å². The topological polar surface area (TPSA) is 94.2 Å². The van der Waals surface area contributed by atoms with Gasteiger partial charge in [0.25, 0.3) is 0 Å². The predicted octanol–water partition coefficient (Wildman–Crippen LogP) is 0.939. The van der Waals surface area contributed by atoms with Gasteiger partial charge in [0.1, 0.15) is 5.60 Å². The highest BCUT2D eigenvalue weighted by molar-refractivity contribution is 5.84. The van der Waals surface area contributed by atoms with Crippen LogP contribution in [0.15, 0.2) is 25.3 Å². The highest BCUT2D eigenvalue weighted by Crippen LogP contribution is 2.25. The average Bonchev–Trinajstić information content (AvgIpc) is 2.45. The Morgan fingerprint density at radius 3 is 2.09 bits per heavy atom. The van der Waals surface area contributed by atoms with Gasteiger partial charge in [-0.3, -0.25) is 0 Å². The Morgan fingerprint density at radius 2 is 1.65 bits per heavy atom. The van der Waals surface area contributed by atoms with Gasteiger partial charge in [0, 0.05) is 25.2 Å². The van der Waals surface area contributed by atoms with E-state index in [-0.39, 0.29) is 13.1 Å². The van der Waals surface area contributed by atoms with Crippen molar-refractivity contribution in [3.05, 3.63) is 25.3 Å². The number of carbonyl (C=O) groups excluding carboxylic acids is 3. The van der Waals surface area contributed by atoms with E-state index < -0.39 is 29.5 Å². The summed E-state index contributed by atoms with van der Waals surface area (Å²) < 4.78 is 15.6. The van der Waals surface area contributed by atoms with Crippen LogP contribution in [-0.2, 0) is 23.8 Å². The van der Waals surface area contributed by atoms with Gasteiger partial charge in [-0.05, 0) is 20.8 Å². The summed E-state index contributed by atoms with van der Waals surface area (Å²) in [5.74, 6) is -3.66. The van der Waals surface area contributed by atoms with Gasteiger partial charge >= 0.3 is 23.9 Å². The molecule has 8 nitrogen and oxygen atoms in total. The maximum Gasteiger partial charge on any atom is 0.416 e. The molecule has 0 spiro atoms. The Morgan fingerprint density at radius 1 is 1.13 bits per heavy atom. The molecule has 1 N–H and O–H groups in total. The summed E-state index contributed by atoms with van der Waals surface area (Å²) in [6.07, 6.45) is 1.05. The second-order valence-corrected chi connectivity index (χ2v) is 5.77. The summed E-state index contributed by atoms with van der Waals surface area (Å²) in [4.78, 5) is 36.8. The quantitative estimate of drug-likeness (QED) is 0.467. The molecule has 128 valence electrons. The fourth-order valence-electron chi connectivity index (χ4n) is 1.85. The largest absolute Gasteiger partial charge is 0.444 e. The Balaban J connectivity index is 3.15. The molecule has 0 bridgehead atoms. The lowest BCUT2D eigenvalue weighted by Gasteiger charge is -2.43. The standard InChI is InChI=1S/C15H22N2O6/c1-6-11(18)21-15(22-12(19)7-2)10-16-8-9-17(15)13(20)23-14(3,4)5/h6-7,16H,1-2,8-10H2,3-5H3. The van der Waals surface area contributed by atoms with Crippen molar-refractivity contribution in [3.63, 3.8) is 0 Å². The lowest BCUT2D eigenvalue weighted by atomic mass is 10.2. The maximum atomic E-state index is 12.4. The third-order valence-electron chi connectivity index (χ3n) is 2.74. The average molecular weight is 326 g/mol. The number of carbonyl (C=O) groups is 3. The number of hydrogen-bond acceptors (Lipinski definition) is 7. The van der Waals surface area contributed by atoms with Crippen LogP contribution in [-0.4, -0.2) is 54.1 Å². The Kier molecular flexibility index (Phi) is 5.91. The third-order valence-corrected chi connectivity index (χ3v) is 2.74. The first-order chi connectivity index (χ1) is 10.6. The number of amides is 1. The van der Waals surface area contributed by atoms with E-state index in [9.17, 15) is 14.4 Å². The van der Waals surface area contributed by atoms with Crippen LogP contribution in [0, 0.1) is 0 Å². The maximum absolute atomic E-state index is 12.4. The number of hydrogen-bond donors (Lipinski definition) is 1. The van der Waals surface area contributed by atoms with Crippen molar-refractivity contribution in [2.45, 2.75) is 32.3 Å². The summed E-state index contributed by atoms with van der Waals surface area (Å²) in [5, 5.41) is 2.91. The second kappa shape index (κ2) is 7.28. The zero-order valence-electron chi connectivity index (χ0n) is 13.6. The zero-order valence-corrected chi connectivity index (χ0v) is 13.6. The molecule has 0 saturated carbocycles. The van der Waals surface area contributed by atoms with Crippen molar-refractivity contribution in [1.29, 1.82) is 0 Å². The van der Waals surface area contributed by atoms with Gasteiger partial charge in [0.05, 0.1) is 6.54 Å². The van der Waals surface area contributed by atoms with E-state index in [1.807, 2.05) is 0 Å².